The number of benzene rings is 1. The molecule has 1 atom stereocenters. The van der Waals surface area contributed by atoms with Crippen molar-refractivity contribution < 1.29 is 28.0 Å². The molecule has 1 heterocycles. The predicted molar refractivity (Wildman–Crippen MR) is 68.1 cm³/mol. The molecule has 1 aliphatic heterocycles. The lowest BCUT2D eigenvalue weighted by atomic mass is 9.99. The number of halogens is 2. The van der Waals surface area contributed by atoms with E-state index in [1.807, 2.05) is 0 Å². The Labute approximate surface area is 118 Å². The summed E-state index contributed by atoms with van der Waals surface area (Å²) in [5.74, 6) is -0.843. The lowest BCUT2D eigenvalue weighted by Gasteiger charge is -2.24. The molecule has 112 valence electrons. The molecule has 1 aliphatic rings. The summed E-state index contributed by atoms with van der Waals surface area (Å²) in [5, 5.41) is 10.8. The zero-order valence-electron chi connectivity index (χ0n) is 10.9. The number of carbonyl (C=O) groups is 1. The van der Waals surface area contributed by atoms with Crippen molar-refractivity contribution >= 4 is 17.2 Å². The minimum atomic E-state index is -2.84. The summed E-state index contributed by atoms with van der Waals surface area (Å²) in [6.07, 6.45) is -3.51. The van der Waals surface area contributed by atoms with Crippen LogP contribution in [0, 0.1) is 10.1 Å². The highest BCUT2D eigenvalue weighted by Gasteiger charge is 2.32. The van der Waals surface area contributed by atoms with Gasteiger partial charge >= 0.3 is 5.97 Å². The van der Waals surface area contributed by atoms with E-state index in [-0.39, 0.29) is 29.2 Å². The number of rotatable bonds is 4. The molecule has 8 heteroatoms. The Morgan fingerprint density at radius 2 is 2.24 bits per heavy atom. The number of ether oxygens (including phenoxy) is 2. The molecular weight excluding hydrogens is 288 g/mol. The maximum atomic E-state index is 12.8. The van der Waals surface area contributed by atoms with Crippen LogP contribution in [0.4, 0.5) is 14.5 Å². The first-order valence-electron chi connectivity index (χ1n) is 6.06. The number of nitro benzene ring substituents is 1. The minimum absolute atomic E-state index is 0.0172. The smallest absolute Gasteiger partial charge is 0.338 e. The van der Waals surface area contributed by atoms with E-state index >= 15 is 0 Å². The van der Waals surface area contributed by atoms with E-state index in [9.17, 15) is 23.7 Å². The summed E-state index contributed by atoms with van der Waals surface area (Å²) >= 11 is 0. The molecule has 0 spiro atoms. The number of carbonyl (C=O) groups excluding carboxylic acids is 1. The molecule has 2 rings (SSSR count). The van der Waals surface area contributed by atoms with Crippen molar-refractivity contribution in [1.29, 1.82) is 0 Å². The fourth-order valence-electron chi connectivity index (χ4n) is 1.89. The van der Waals surface area contributed by atoms with Gasteiger partial charge in [-0.05, 0) is 19.1 Å². The van der Waals surface area contributed by atoms with Crippen molar-refractivity contribution in [2.45, 2.75) is 19.5 Å². The molecule has 0 fully saturated rings. The van der Waals surface area contributed by atoms with Gasteiger partial charge in [0.2, 0.25) is 0 Å². The summed E-state index contributed by atoms with van der Waals surface area (Å²) in [5.41, 5.74) is -0.366. The second-order valence-corrected chi connectivity index (χ2v) is 4.16. The summed E-state index contributed by atoms with van der Waals surface area (Å²) in [4.78, 5) is 22.0. The molecule has 0 N–H and O–H groups in total. The van der Waals surface area contributed by atoms with Crippen LogP contribution < -0.4 is 4.74 Å². The van der Waals surface area contributed by atoms with Gasteiger partial charge in [-0.25, -0.2) is 13.6 Å². The average molecular weight is 299 g/mol. The van der Waals surface area contributed by atoms with Crippen LogP contribution in [0.3, 0.4) is 0 Å². The number of nitrogens with zero attached hydrogens (tertiary/aromatic N) is 1. The minimum Gasteiger partial charge on any atom is -0.480 e. The lowest BCUT2D eigenvalue weighted by molar-refractivity contribution is -0.384. The summed E-state index contributed by atoms with van der Waals surface area (Å²) in [6.45, 7) is 1.62. The first-order chi connectivity index (χ1) is 9.93. The number of hydrogen-bond donors (Lipinski definition) is 0. The highest BCUT2D eigenvalue weighted by molar-refractivity contribution is 6.18. The molecule has 0 saturated heterocycles. The maximum Gasteiger partial charge on any atom is 0.338 e. The number of non-ortho nitro benzene ring substituents is 1. The molecule has 0 radical (unpaired) electrons. The second kappa shape index (κ2) is 5.86. The van der Waals surface area contributed by atoms with Gasteiger partial charge in [0.05, 0.1) is 17.1 Å². The van der Waals surface area contributed by atoms with Crippen LogP contribution >= 0.6 is 0 Å². The van der Waals surface area contributed by atoms with Gasteiger partial charge in [0.15, 0.2) is 6.10 Å². The molecular formula is C13H11F2NO5. The first kappa shape index (κ1) is 14.9. The summed E-state index contributed by atoms with van der Waals surface area (Å²) in [6, 6.07) is 3.41. The van der Waals surface area contributed by atoms with Crippen molar-refractivity contribution in [3.05, 3.63) is 40.0 Å². The number of nitro groups is 1. The van der Waals surface area contributed by atoms with Crippen LogP contribution in [-0.4, -0.2) is 30.0 Å². The molecule has 1 aromatic rings. The van der Waals surface area contributed by atoms with Gasteiger partial charge in [-0.2, -0.15) is 0 Å². The largest absolute Gasteiger partial charge is 0.480 e. The first-order valence-corrected chi connectivity index (χ1v) is 6.06. The zero-order valence-corrected chi connectivity index (χ0v) is 10.9. The highest BCUT2D eigenvalue weighted by atomic mass is 19.3. The Morgan fingerprint density at radius 3 is 2.81 bits per heavy atom. The maximum absolute atomic E-state index is 12.8. The fourth-order valence-corrected chi connectivity index (χ4v) is 1.89. The van der Waals surface area contributed by atoms with Gasteiger partial charge in [0.1, 0.15) is 5.75 Å². The van der Waals surface area contributed by atoms with E-state index in [0.29, 0.717) is 0 Å². The van der Waals surface area contributed by atoms with Crippen molar-refractivity contribution in [2.75, 3.05) is 6.61 Å². The van der Waals surface area contributed by atoms with E-state index in [0.717, 1.165) is 18.2 Å². The zero-order chi connectivity index (χ0) is 15.6. The van der Waals surface area contributed by atoms with Crippen molar-refractivity contribution in [1.82, 2.24) is 0 Å². The second-order valence-electron chi connectivity index (χ2n) is 4.16. The third-order valence-electron chi connectivity index (χ3n) is 2.80. The van der Waals surface area contributed by atoms with Crippen molar-refractivity contribution in [3.8, 4) is 5.75 Å². The molecule has 1 unspecified atom stereocenters. The predicted octanol–water partition coefficient (Wildman–Crippen LogP) is 2.57. The molecule has 0 aliphatic carbocycles. The number of hydrogen-bond acceptors (Lipinski definition) is 5. The average Bonchev–Trinajstić information content (AvgIpc) is 2.45. The van der Waals surface area contributed by atoms with Gasteiger partial charge in [0.25, 0.3) is 12.1 Å². The third kappa shape index (κ3) is 2.99. The van der Waals surface area contributed by atoms with Gasteiger partial charge in [0, 0.05) is 17.7 Å². The molecule has 0 amide bonds. The number of alkyl halides is 2. The molecule has 6 nitrogen and oxygen atoms in total. The highest BCUT2D eigenvalue weighted by Crippen LogP contribution is 2.36. The number of esters is 1. The topological polar surface area (TPSA) is 78.7 Å². The third-order valence-corrected chi connectivity index (χ3v) is 2.80. The molecule has 0 saturated carbocycles. The fraction of sp³-hybridized carbons (Fsp3) is 0.308. The van der Waals surface area contributed by atoms with Gasteiger partial charge < -0.3 is 9.47 Å². The lowest BCUT2D eigenvalue weighted by Crippen LogP contribution is -2.28. The molecule has 0 bridgehead atoms. The Morgan fingerprint density at radius 1 is 1.52 bits per heavy atom. The quantitative estimate of drug-likeness (QED) is 0.485. The normalized spacial score (nSPS) is 16.8. The van der Waals surface area contributed by atoms with Crippen LogP contribution in [0.15, 0.2) is 24.3 Å². The monoisotopic (exact) mass is 299 g/mol. The van der Waals surface area contributed by atoms with E-state index in [2.05, 4.69) is 0 Å². The van der Waals surface area contributed by atoms with E-state index < -0.39 is 23.4 Å². The molecule has 21 heavy (non-hydrogen) atoms. The van der Waals surface area contributed by atoms with Crippen molar-refractivity contribution in [3.63, 3.8) is 0 Å². The molecule has 1 aromatic carbocycles. The van der Waals surface area contributed by atoms with E-state index in [1.54, 1.807) is 6.92 Å². The van der Waals surface area contributed by atoms with Gasteiger partial charge in [-0.15, -0.1) is 0 Å². The van der Waals surface area contributed by atoms with E-state index in [4.69, 9.17) is 9.47 Å². The van der Waals surface area contributed by atoms with Crippen LogP contribution in [-0.2, 0) is 9.53 Å². The Hall–Kier alpha value is -2.51. The SMILES string of the molecule is CCOC(=O)C1=CC(C(F)F)Oc2ccc([N+](=O)[O-])cc21. The standard InChI is InChI=1S/C13H11F2NO5/c1-2-20-13(17)9-6-11(12(14)15)21-10-4-3-7(16(18)19)5-8(9)10/h3-6,11-12H,2H2,1H3. The van der Waals surface area contributed by atoms with Crippen LogP contribution in [0.25, 0.3) is 5.57 Å². The Balaban J connectivity index is 2.51. The summed E-state index contributed by atoms with van der Waals surface area (Å²) < 4.78 is 35.4. The van der Waals surface area contributed by atoms with Crippen LogP contribution in [0.2, 0.25) is 0 Å². The Bertz CT molecular complexity index is 615. The van der Waals surface area contributed by atoms with Crippen LogP contribution in [0.1, 0.15) is 12.5 Å². The van der Waals surface area contributed by atoms with E-state index in [1.165, 1.54) is 6.07 Å². The van der Waals surface area contributed by atoms with Crippen molar-refractivity contribution in [2.24, 2.45) is 0 Å². The van der Waals surface area contributed by atoms with Gasteiger partial charge in [-0.3, -0.25) is 10.1 Å². The van der Waals surface area contributed by atoms with Gasteiger partial charge in [-0.1, -0.05) is 0 Å². The summed E-state index contributed by atoms with van der Waals surface area (Å²) in [7, 11) is 0. The Kier molecular flexibility index (Phi) is 4.15. The number of fused-ring (bicyclic) bond motifs is 1. The van der Waals surface area contributed by atoms with Crippen LogP contribution in [0.5, 0.6) is 5.75 Å². The molecule has 0 aromatic heterocycles.